The summed E-state index contributed by atoms with van der Waals surface area (Å²) in [6.07, 6.45) is 1.37. The molecule has 0 spiro atoms. The van der Waals surface area contributed by atoms with Crippen LogP contribution in [-0.4, -0.2) is 116 Å². The zero-order valence-corrected chi connectivity index (χ0v) is 49.1. The summed E-state index contributed by atoms with van der Waals surface area (Å²) in [4.78, 5) is 0. The Morgan fingerprint density at radius 1 is 0.189 bits per heavy atom. The Balaban J connectivity index is 0.000000124. The molecule has 462 valence electrons. The molecule has 6 fully saturated rings. The Hall–Kier alpha value is -9.66. The first-order chi connectivity index (χ1) is 44.4. The van der Waals surface area contributed by atoms with Gasteiger partial charge in [-0.15, -0.1) is 0 Å². The molecule has 0 amide bonds. The second-order valence-corrected chi connectivity index (χ2v) is 21.5. The van der Waals surface area contributed by atoms with Gasteiger partial charge in [0, 0.05) is 30.3 Å². The first-order valence-electron chi connectivity index (χ1n) is 29.8. The molecule has 6 unspecified atom stereocenters. The van der Waals surface area contributed by atoms with Gasteiger partial charge in [0.2, 0.25) is 0 Å². The van der Waals surface area contributed by atoms with Gasteiger partial charge in [-0.1, -0.05) is 30.3 Å². The zero-order valence-electron chi connectivity index (χ0n) is 49.1. The van der Waals surface area contributed by atoms with Crippen molar-refractivity contribution in [2.24, 2.45) is 0 Å². The molecular weight excluding hydrogens is 1150 g/mol. The zero-order chi connectivity index (χ0) is 60.5. The van der Waals surface area contributed by atoms with Crippen LogP contribution in [0.3, 0.4) is 0 Å². The Labute approximate surface area is 520 Å². The number of benzene rings is 9. The highest BCUT2D eigenvalue weighted by molar-refractivity contribution is 5.45. The lowest BCUT2D eigenvalue weighted by molar-refractivity contribution is 0.262. The molecule has 0 saturated carbocycles. The lowest BCUT2D eigenvalue weighted by Gasteiger charge is -2.11. The van der Waals surface area contributed by atoms with Gasteiger partial charge >= 0.3 is 0 Å². The molecule has 18 heteroatoms. The number of epoxide rings is 6. The fourth-order valence-corrected chi connectivity index (χ4v) is 8.41. The molecule has 0 N–H and O–H groups in total. The molecule has 6 aliphatic rings. The van der Waals surface area contributed by atoms with E-state index in [0.29, 0.717) is 85.6 Å². The molecule has 0 radical (unpaired) electrons. The number of ether oxygens (including phenoxy) is 18. The number of rotatable bonds is 30. The topological polar surface area (TPSA) is 186 Å². The van der Waals surface area contributed by atoms with E-state index in [1.807, 2.05) is 218 Å². The smallest absolute Gasteiger partial charge is 0.131 e. The lowest BCUT2D eigenvalue weighted by Crippen LogP contribution is -2.03. The Morgan fingerprint density at radius 2 is 0.333 bits per heavy atom. The van der Waals surface area contributed by atoms with Crippen LogP contribution in [0.25, 0.3) is 0 Å². The third kappa shape index (κ3) is 20.2. The van der Waals surface area contributed by atoms with E-state index in [2.05, 4.69) is 0 Å². The van der Waals surface area contributed by atoms with E-state index in [1.165, 1.54) is 0 Å². The highest BCUT2D eigenvalue weighted by atomic mass is 16.6. The van der Waals surface area contributed by atoms with Crippen LogP contribution in [0.1, 0.15) is 0 Å². The minimum atomic E-state index is 0.217. The number of hydrogen-bond acceptors (Lipinski definition) is 18. The van der Waals surface area contributed by atoms with E-state index in [-0.39, 0.29) is 36.6 Å². The molecular formula is C72H66O18. The van der Waals surface area contributed by atoms with Gasteiger partial charge in [0.15, 0.2) is 0 Å². The lowest BCUT2D eigenvalue weighted by atomic mass is 10.3. The molecule has 90 heavy (non-hydrogen) atoms. The summed E-state index contributed by atoms with van der Waals surface area (Å²) >= 11 is 0. The van der Waals surface area contributed by atoms with Crippen molar-refractivity contribution in [2.75, 3.05) is 79.3 Å². The standard InChI is InChI=1S/3C24H22O6/c1-5-19(6-2-17(1)25-13-23-15-27-23)29-21-9-11-22(12-10-21)30-20-7-3-18(4-8-20)26-14-24-16-28-24;1-4-17(25-13-23-15-27-23)10-19(6-1)29-21-8-3-9-22(12-21)30-20-7-2-5-18(11-20)26-14-24-16-28-24;1-3-19(25-13-23-15-27-23)11-21(5-1)29-17-7-9-18(10-8-17)30-22-6-2-4-20(12-22)26-14-24-16-28-24/h3*1-12,23-24H,13-16H2. The normalized spacial score (nSPS) is 19.1. The van der Waals surface area contributed by atoms with Crippen molar-refractivity contribution in [1.29, 1.82) is 0 Å². The van der Waals surface area contributed by atoms with Gasteiger partial charge in [-0.25, -0.2) is 0 Å². The van der Waals surface area contributed by atoms with E-state index >= 15 is 0 Å². The van der Waals surface area contributed by atoms with Crippen LogP contribution in [0.5, 0.6) is 103 Å². The monoisotopic (exact) mass is 1220 g/mol. The van der Waals surface area contributed by atoms with Crippen LogP contribution in [0.2, 0.25) is 0 Å². The molecule has 6 atom stereocenters. The third-order valence-electron chi connectivity index (χ3n) is 13.8. The van der Waals surface area contributed by atoms with Crippen molar-refractivity contribution in [3.8, 4) is 103 Å². The maximum Gasteiger partial charge on any atom is 0.131 e. The van der Waals surface area contributed by atoms with Gasteiger partial charge in [-0.05, 0) is 158 Å². The van der Waals surface area contributed by atoms with Gasteiger partial charge in [-0.3, -0.25) is 0 Å². The van der Waals surface area contributed by atoms with Crippen LogP contribution >= 0.6 is 0 Å². The highest BCUT2D eigenvalue weighted by Crippen LogP contribution is 2.35. The molecule has 6 aliphatic heterocycles. The molecule has 0 aliphatic carbocycles. The van der Waals surface area contributed by atoms with Crippen molar-refractivity contribution < 1.29 is 85.3 Å². The van der Waals surface area contributed by atoms with Crippen LogP contribution in [-0.2, 0) is 28.4 Å². The Morgan fingerprint density at radius 3 is 0.533 bits per heavy atom. The van der Waals surface area contributed by atoms with Crippen LogP contribution < -0.4 is 56.8 Å². The van der Waals surface area contributed by atoms with Crippen LogP contribution in [0.4, 0.5) is 0 Å². The molecule has 6 heterocycles. The second-order valence-electron chi connectivity index (χ2n) is 21.5. The van der Waals surface area contributed by atoms with Crippen molar-refractivity contribution in [3.63, 3.8) is 0 Å². The van der Waals surface area contributed by atoms with E-state index in [9.17, 15) is 0 Å². The van der Waals surface area contributed by atoms with Crippen molar-refractivity contribution in [2.45, 2.75) is 36.6 Å². The molecule has 6 saturated heterocycles. The van der Waals surface area contributed by atoms with E-state index in [1.54, 1.807) is 0 Å². The van der Waals surface area contributed by atoms with Gasteiger partial charge < -0.3 is 85.3 Å². The Kier molecular flexibility index (Phi) is 19.5. The first-order valence-corrected chi connectivity index (χ1v) is 29.8. The summed E-state index contributed by atoms with van der Waals surface area (Å²) in [7, 11) is 0. The van der Waals surface area contributed by atoms with E-state index in [0.717, 1.165) is 97.1 Å². The first kappa shape index (κ1) is 59.3. The molecule has 15 rings (SSSR count). The summed E-state index contributed by atoms with van der Waals surface area (Å²) in [5.41, 5.74) is 0. The maximum absolute atomic E-state index is 5.99. The van der Waals surface area contributed by atoms with Gasteiger partial charge in [0.1, 0.15) is 180 Å². The quantitative estimate of drug-likeness (QED) is 0.0387. The van der Waals surface area contributed by atoms with Crippen molar-refractivity contribution in [3.05, 3.63) is 218 Å². The van der Waals surface area contributed by atoms with E-state index < -0.39 is 0 Å². The average molecular weight is 1220 g/mol. The largest absolute Gasteiger partial charge is 0.491 e. The minimum Gasteiger partial charge on any atom is -0.491 e. The van der Waals surface area contributed by atoms with Crippen molar-refractivity contribution >= 4 is 0 Å². The molecule has 9 aromatic rings. The third-order valence-corrected chi connectivity index (χ3v) is 13.8. The minimum absolute atomic E-state index is 0.217. The van der Waals surface area contributed by atoms with Crippen LogP contribution in [0, 0.1) is 0 Å². The Bertz CT molecular complexity index is 3450. The van der Waals surface area contributed by atoms with E-state index in [4.69, 9.17) is 85.3 Å². The predicted octanol–water partition coefficient (Wildman–Crippen LogP) is 14.5. The van der Waals surface area contributed by atoms with Gasteiger partial charge in [0.25, 0.3) is 0 Å². The summed E-state index contributed by atoms with van der Waals surface area (Å²) in [6, 6.07) is 67.8. The average Bonchev–Trinajstić information content (AvgIpc) is 4.51. The molecule has 0 bridgehead atoms. The molecule has 18 nitrogen and oxygen atoms in total. The summed E-state index contributed by atoms with van der Waals surface area (Å²) < 4.78 is 101. The second kappa shape index (κ2) is 29.6. The fourth-order valence-electron chi connectivity index (χ4n) is 8.41. The van der Waals surface area contributed by atoms with Crippen molar-refractivity contribution in [1.82, 2.24) is 0 Å². The highest BCUT2D eigenvalue weighted by Gasteiger charge is 2.27. The predicted molar refractivity (Wildman–Crippen MR) is 330 cm³/mol. The molecule has 9 aromatic carbocycles. The summed E-state index contributed by atoms with van der Waals surface area (Å²) in [5.74, 6) is 13.2. The SMILES string of the molecule is c1cc(OCC2CO2)cc(Oc2ccc(Oc3cccc(OCC4CO4)c3)cc2)c1.c1cc(OCC2CO2)cc(Oc2cccc(Oc3cccc(OCC4CO4)c3)c2)c1.c1cc(Oc2ccc(Oc3ccc(OCC4CO4)cc3)cc2)ccc1OCC1CO1. The number of hydrogen-bond donors (Lipinski definition) is 0. The maximum atomic E-state index is 5.99. The molecule has 0 aromatic heterocycles. The van der Waals surface area contributed by atoms with Crippen LogP contribution in [0.15, 0.2) is 218 Å². The fraction of sp³-hybridized carbons (Fsp3) is 0.250. The summed E-state index contributed by atoms with van der Waals surface area (Å²) in [6.45, 7) is 8.10. The summed E-state index contributed by atoms with van der Waals surface area (Å²) in [5, 5.41) is 0. The van der Waals surface area contributed by atoms with Gasteiger partial charge in [-0.2, -0.15) is 0 Å². The van der Waals surface area contributed by atoms with Gasteiger partial charge in [0.05, 0.1) is 39.6 Å².